The molecule has 0 bridgehead atoms. The van der Waals surface area contributed by atoms with Crippen LogP contribution < -0.4 is 5.43 Å². The Labute approximate surface area is 198 Å². The molecule has 0 spiro atoms. The molecule has 0 aliphatic heterocycles. The van der Waals surface area contributed by atoms with Gasteiger partial charge in [0.05, 0.1) is 15.8 Å². The van der Waals surface area contributed by atoms with Gasteiger partial charge in [-0.1, -0.05) is 60.9 Å². The molecular formula is C22H24BrN5OS2. The largest absolute Gasteiger partial charge is 0.299 e. The number of hydrogen-bond donors (Lipinski definition) is 1. The van der Waals surface area contributed by atoms with Gasteiger partial charge < -0.3 is 0 Å². The lowest BCUT2D eigenvalue weighted by Gasteiger charge is -2.25. The normalized spacial score (nSPS) is 14.9. The van der Waals surface area contributed by atoms with Crippen LogP contribution in [0.5, 0.6) is 0 Å². The van der Waals surface area contributed by atoms with Gasteiger partial charge in [0, 0.05) is 16.5 Å². The number of rotatable bonds is 7. The van der Waals surface area contributed by atoms with E-state index >= 15 is 0 Å². The van der Waals surface area contributed by atoms with E-state index in [0.29, 0.717) is 6.04 Å². The molecule has 0 saturated heterocycles. The molecule has 1 amide bonds. The molecule has 0 atom stereocenters. The Hall–Kier alpha value is -1.97. The number of nitrogens with zero attached hydrogens (tertiary/aromatic N) is 4. The summed E-state index contributed by atoms with van der Waals surface area (Å²) in [5, 5.41) is 13.8. The topological polar surface area (TPSA) is 72.2 Å². The highest BCUT2D eigenvalue weighted by Gasteiger charge is 2.24. The smallest absolute Gasteiger partial charge is 0.250 e. The van der Waals surface area contributed by atoms with Crippen LogP contribution in [-0.2, 0) is 4.79 Å². The SMILES string of the molecule is Cc1ccc(-c2nnc(SCC(=O)N/N=C/c3ccc(Br)s3)n2C2CCCCC2)cc1. The van der Waals surface area contributed by atoms with Crippen LogP contribution in [0.1, 0.15) is 48.6 Å². The highest BCUT2D eigenvalue weighted by Crippen LogP contribution is 2.35. The standard InChI is InChI=1S/C22H24BrN5OS2/c1-15-7-9-16(10-8-15)21-26-27-22(28(21)17-5-3-2-4-6-17)30-14-20(29)25-24-13-18-11-12-19(23)31-18/h7-13,17H,2-6,14H2,1H3,(H,25,29)/b24-13+. The van der Waals surface area contributed by atoms with E-state index in [2.05, 4.69) is 72.4 Å². The first kappa shape index (κ1) is 22.2. The second kappa shape index (κ2) is 10.6. The van der Waals surface area contributed by atoms with E-state index in [9.17, 15) is 4.79 Å². The molecule has 4 rings (SSSR count). The summed E-state index contributed by atoms with van der Waals surface area (Å²) < 4.78 is 3.27. The van der Waals surface area contributed by atoms with E-state index in [0.717, 1.165) is 38.0 Å². The Morgan fingerprint density at radius 3 is 2.71 bits per heavy atom. The van der Waals surface area contributed by atoms with Crippen molar-refractivity contribution in [3.63, 3.8) is 0 Å². The maximum atomic E-state index is 12.3. The number of nitrogens with one attached hydrogen (secondary N) is 1. The number of carbonyl (C=O) groups is 1. The first-order valence-corrected chi connectivity index (χ1v) is 12.9. The highest BCUT2D eigenvalue weighted by molar-refractivity contribution is 9.11. The minimum atomic E-state index is -0.160. The van der Waals surface area contributed by atoms with E-state index in [1.54, 1.807) is 17.6 Å². The van der Waals surface area contributed by atoms with Crippen molar-refractivity contribution in [2.24, 2.45) is 5.10 Å². The van der Waals surface area contributed by atoms with Crippen LogP contribution in [0.25, 0.3) is 11.4 Å². The minimum Gasteiger partial charge on any atom is -0.299 e. The van der Waals surface area contributed by atoms with E-state index in [-0.39, 0.29) is 11.7 Å². The predicted octanol–water partition coefficient (Wildman–Crippen LogP) is 5.83. The number of halogens is 1. The number of amides is 1. The van der Waals surface area contributed by atoms with Crippen molar-refractivity contribution in [1.29, 1.82) is 0 Å². The third kappa shape index (κ3) is 5.84. The molecule has 1 aromatic carbocycles. The molecule has 9 heteroatoms. The molecule has 1 aliphatic rings. The number of carbonyl (C=O) groups excluding carboxylic acids is 1. The first-order chi connectivity index (χ1) is 15.1. The monoisotopic (exact) mass is 517 g/mol. The van der Waals surface area contributed by atoms with Gasteiger partial charge in [-0.2, -0.15) is 5.10 Å². The molecule has 0 unspecified atom stereocenters. The van der Waals surface area contributed by atoms with Crippen molar-refractivity contribution in [3.8, 4) is 11.4 Å². The van der Waals surface area contributed by atoms with Gasteiger partial charge in [-0.3, -0.25) is 9.36 Å². The van der Waals surface area contributed by atoms with Crippen LogP contribution in [-0.4, -0.2) is 32.6 Å². The summed E-state index contributed by atoms with van der Waals surface area (Å²) in [5.41, 5.74) is 4.88. The van der Waals surface area contributed by atoms with Gasteiger partial charge in [-0.15, -0.1) is 21.5 Å². The fourth-order valence-corrected chi connectivity index (χ4v) is 5.76. The van der Waals surface area contributed by atoms with Crippen molar-refractivity contribution in [2.45, 2.75) is 50.2 Å². The minimum absolute atomic E-state index is 0.160. The van der Waals surface area contributed by atoms with E-state index in [4.69, 9.17) is 0 Å². The van der Waals surface area contributed by atoms with Crippen molar-refractivity contribution >= 4 is 51.2 Å². The quantitative estimate of drug-likeness (QED) is 0.243. The zero-order valence-electron chi connectivity index (χ0n) is 17.3. The Balaban J connectivity index is 1.46. The number of aromatic nitrogens is 3. The number of benzene rings is 1. The van der Waals surface area contributed by atoms with Crippen molar-refractivity contribution in [3.05, 3.63) is 50.6 Å². The molecule has 1 N–H and O–H groups in total. The Morgan fingerprint density at radius 2 is 2.00 bits per heavy atom. The summed E-state index contributed by atoms with van der Waals surface area (Å²) in [6, 6.07) is 12.7. The number of aryl methyl sites for hydroxylation is 1. The van der Waals surface area contributed by atoms with Gasteiger partial charge in [0.1, 0.15) is 0 Å². The average molecular weight is 519 g/mol. The Morgan fingerprint density at radius 1 is 1.23 bits per heavy atom. The molecule has 3 aromatic rings. The van der Waals surface area contributed by atoms with Gasteiger partial charge >= 0.3 is 0 Å². The summed E-state index contributed by atoms with van der Waals surface area (Å²) in [7, 11) is 0. The summed E-state index contributed by atoms with van der Waals surface area (Å²) >= 11 is 6.39. The lowest BCUT2D eigenvalue weighted by atomic mass is 9.95. The Kier molecular flexibility index (Phi) is 7.58. The molecule has 2 aromatic heterocycles. The van der Waals surface area contributed by atoms with Crippen LogP contribution in [0, 0.1) is 6.92 Å². The summed E-state index contributed by atoms with van der Waals surface area (Å²) in [6.45, 7) is 2.08. The maximum Gasteiger partial charge on any atom is 0.250 e. The first-order valence-electron chi connectivity index (χ1n) is 10.3. The summed E-state index contributed by atoms with van der Waals surface area (Å²) in [4.78, 5) is 13.3. The maximum absolute atomic E-state index is 12.3. The van der Waals surface area contributed by atoms with Crippen molar-refractivity contribution < 1.29 is 4.79 Å². The molecule has 2 heterocycles. The molecule has 1 aliphatic carbocycles. The molecule has 6 nitrogen and oxygen atoms in total. The lowest BCUT2D eigenvalue weighted by Crippen LogP contribution is -2.20. The van der Waals surface area contributed by atoms with E-state index in [1.165, 1.54) is 36.6 Å². The Bertz CT molecular complexity index is 1050. The lowest BCUT2D eigenvalue weighted by molar-refractivity contribution is -0.118. The predicted molar refractivity (Wildman–Crippen MR) is 131 cm³/mol. The van der Waals surface area contributed by atoms with Crippen LogP contribution in [0.4, 0.5) is 0 Å². The number of thioether (sulfide) groups is 1. The zero-order valence-corrected chi connectivity index (χ0v) is 20.5. The fraction of sp³-hybridized carbons (Fsp3) is 0.364. The van der Waals surface area contributed by atoms with Crippen LogP contribution >= 0.6 is 39.0 Å². The summed E-state index contributed by atoms with van der Waals surface area (Å²) in [5.74, 6) is 0.965. The molecule has 31 heavy (non-hydrogen) atoms. The molecule has 1 fully saturated rings. The van der Waals surface area contributed by atoms with Crippen LogP contribution in [0.15, 0.2) is 50.4 Å². The molecule has 162 valence electrons. The molecular weight excluding hydrogens is 494 g/mol. The zero-order chi connectivity index (χ0) is 21.6. The van der Waals surface area contributed by atoms with Crippen molar-refractivity contribution in [2.75, 3.05) is 5.75 Å². The van der Waals surface area contributed by atoms with Gasteiger partial charge in [-0.05, 0) is 47.8 Å². The molecule has 1 saturated carbocycles. The van der Waals surface area contributed by atoms with Gasteiger partial charge in [0.15, 0.2) is 11.0 Å². The summed E-state index contributed by atoms with van der Waals surface area (Å²) in [6.07, 6.45) is 7.61. The third-order valence-corrected chi connectivity index (χ3v) is 7.72. The third-order valence-electron chi connectivity index (χ3n) is 5.22. The van der Waals surface area contributed by atoms with Gasteiger partial charge in [-0.25, -0.2) is 5.43 Å². The van der Waals surface area contributed by atoms with E-state index in [1.807, 2.05) is 12.1 Å². The van der Waals surface area contributed by atoms with Crippen LogP contribution in [0.3, 0.4) is 0 Å². The fourth-order valence-electron chi connectivity index (χ4n) is 3.67. The van der Waals surface area contributed by atoms with E-state index < -0.39 is 0 Å². The van der Waals surface area contributed by atoms with Crippen molar-refractivity contribution in [1.82, 2.24) is 20.2 Å². The van der Waals surface area contributed by atoms with Gasteiger partial charge in [0.25, 0.3) is 5.91 Å². The number of hydrazone groups is 1. The number of hydrogen-bond acceptors (Lipinski definition) is 6. The second-order valence-corrected chi connectivity index (χ2v) is 11.0. The second-order valence-electron chi connectivity index (χ2n) is 7.56. The van der Waals surface area contributed by atoms with Crippen LogP contribution in [0.2, 0.25) is 0 Å². The molecule has 0 radical (unpaired) electrons. The number of thiophene rings is 1. The average Bonchev–Trinajstić information content (AvgIpc) is 3.39. The highest BCUT2D eigenvalue weighted by atomic mass is 79.9. The van der Waals surface area contributed by atoms with Gasteiger partial charge in [0.2, 0.25) is 0 Å².